The van der Waals surface area contributed by atoms with E-state index in [9.17, 15) is 9.59 Å². The van der Waals surface area contributed by atoms with E-state index in [1.54, 1.807) is 31.2 Å². The lowest BCUT2D eigenvalue weighted by molar-refractivity contribution is -0.168. The van der Waals surface area contributed by atoms with Gasteiger partial charge in [0.1, 0.15) is 12.4 Å². The quantitative estimate of drug-likeness (QED) is 0.778. The van der Waals surface area contributed by atoms with Gasteiger partial charge >= 0.3 is 11.9 Å². The molecule has 22 heavy (non-hydrogen) atoms. The second-order valence-electron chi connectivity index (χ2n) is 5.88. The van der Waals surface area contributed by atoms with Crippen molar-refractivity contribution in [3.8, 4) is 5.75 Å². The van der Waals surface area contributed by atoms with Gasteiger partial charge in [-0.05, 0) is 30.7 Å². The number of carbonyl (C=O) groups excluding carboxylic acids is 2. The van der Waals surface area contributed by atoms with Crippen LogP contribution in [0.15, 0.2) is 24.3 Å². The fourth-order valence-corrected chi connectivity index (χ4v) is 2.23. The maximum atomic E-state index is 12.3. The molecule has 0 N–H and O–H groups in total. The molecule has 0 unspecified atom stereocenters. The molecule has 1 aliphatic rings. The van der Waals surface area contributed by atoms with Crippen LogP contribution < -0.4 is 4.74 Å². The van der Waals surface area contributed by atoms with Crippen LogP contribution in [0, 0.1) is 5.41 Å². The van der Waals surface area contributed by atoms with Gasteiger partial charge in [0.15, 0.2) is 6.10 Å². The first kappa shape index (κ1) is 16.6. The van der Waals surface area contributed by atoms with Crippen LogP contribution in [0.1, 0.15) is 27.2 Å². The van der Waals surface area contributed by atoms with Gasteiger partial charge in [0.25, 0.3) is 0 Å². The molecule has 0 aliphatic carbocycles. The van der Waals surface area contributed by atoms with Gasteiger partial charge in [-0.1, -0.05) is 32.4 Å². The number of hydrogen-bond acceptors (Lipinski definition) is 5. The second kappa shape index (κ2) is 6.57. The van der Waals surface area contributed by atoms with Gasteiger partial charge in [0, 0.05) is 10.4 Å². The van der Waals surface area contributed by atoms with Crippen molar-refractivity contribution in [2.75, 3.05) is 6.61 Å². The number of rotatable bonds is 5. The van der Waals surface area contributed by atoms with Gasteiger partial charge in [-0.25, -0.2) is 9.59 Å². The summed E-state index contributed by atoms with van der Waals surface area (Å²) in [6.45, 7) is 5.67. The molecule has 6 heteroatoms. The predicted octanol–water partition coefficient (Wildman–Crippen LogP) is 2.99. The Kier molecular flexibility index (Phi) is 4.96. The highest BCUT2D eigenvalue weighted by Gasteiger charge is 2.47. The van der Waals surface area contributed by atoms with Gasteiger partial charge < -0.3 is 14.2 Å². The summed E-state index contributed by atoms with van der Waals surface area (Å²) in [5.74, 6) is -0.574. The molecule has 5 nitrogen and oxygen atoms in total. The molecule has 120 valence electrons. The van der Waals surface area contributed by atoms with Crippen LogP contribution in [0.5, 0.6) is 5.75 Å². The Labute approximate surface area is 134 Å². The zero-order valence-electron chi connectivity index (χ0n) is 12.8. The molecule has 1 aromatic rings. The van der Waals surface area contributed by atoms with Gasteiger partial charge in [0.05, 0.1) is 0 Å². The van der Waals surface area contributed by atoms with E-state index in [4.69, 9.17) is 25.8 Å². The van der Waals surface area contributed by atoms with Gasteiger partial charge in [0.2, 0.25) is 6.10 Å². The van der Waals surface area contributed by atoms with E-state index in [0.29, 0.717) is 17.2 Å². The summed E-state index contributed by atoms with van der Waals surface area (Å²) >= 11 is 5.81. The highest BCUT2D eigenvalue weighted by atomic mass is 35.5. The normalized spacial score (nSPS) is 21.1. The average molecular weight is 327 g/mol. The van der Waals surface area contributed by atoms with Crippen molar-refractivity contribution in [1.29, 1.82) is 0 Å². The molecule has 0 saturated carbocycles. The molecule has 0 radical (unpaired) electrons. The smallest absolute Gasteiger partial charge is 0.348 e. The molecule has 1 fully saturated rings. The molecule has 0 spiro atoms. The van der Waals surface area contributed by atoms with Crippen LogP contribution in [0.4, 0.5) is 0 Å². The Bertz CT molecular complexity index is 552. The zero-order valence-corrected chi connectivity index (χ0v) is 13.6. The first-order valence-corrected chi connectivity index (χ1v) is 7.50. The van der Waals surface area contributed by atoms with Crippen LogP contribution in [-0.4, -0.2) is 30.8 Å². The number of benzene rings is 1. The molecule has 1 heterocycles. The summed E-state index contributed by atoms with van der Waals surface area (Å²) in [6, 6.07) is 6.69. The van der Waals surface area contributed by atoms with Crippen LogP contribution in [0.3, 0.4) is 0 Å². The summed E-state index contributed by atoms with van der Waals surface area (Å²) in [4.78, 5) is 23.9. The third kappa shape index (κ3) is 3.71. The van der Waals surface area contributed by atoms with E-state index < -0.39 is 29.6 Å². The number of cyclic esters (lactones) is 1. The SMILES string of the molecule is CC[C@@H](Oc1ccc(Cl)cc1)C(=O)O[C@H]1C(=O)OCC1(C)C. The van der Waals surface area contributed by atoms with E-state index in [-0.39, 0.29) is 6.61 Å². The van der Waals surface area contributed by atoms with Crippen molar-refractivity contribution in [3.05, 3.63) is 29.3 Å². The molecule has 0 aromatic heterocycles. The van der Waals surface area contributed by atoms with Crippen LogP contribution in [0.2, 0.25) is 5.02 Å². The molecule has 1 saturated heterocycles. The number of halogens is 1. The third-order valence-corrected chi connectivity index (χ3v) is 3.72. The van der Waals surface area contributed by atoms with Crippen molar-refractivity contribution >= 4 is 23.5 Å². The van der Waals surface area contributed by atoms with Crippen LogP contribution in [0.25, 0.3) is 0 Å². The van der Waals surface area contributed by atoms with Gasteiger partial charge in [-0.15, -0.1) is 0 Å². The lowest BCUT2D eigenvalue weighted by Crippen LogP contribution is -2.39. The van der Waals surface area contributed by atoms with E-state index in [1.165, 1.54) is 0 Å². The van der Waals surface area contributed by atoms with Crippen molar-refractivity contribution in [1.82, 2.24) is 0 Å². The van der Waals surface area contributed by atoms with Crippen molar-refractivity contribution < 1.29 is 23.8 Å². The molecular weight excluding hydrogens is 308 g/mol. The lowest BCUT2D eigenvalue weighted by atomic mass is 9.90. The summed E-state index contributed by atoms with van der Waals surface area (Å²) in [7, 11) is 0. The Balaban J connectivity index is 2.02. The van der Waals surface area contributed by atoms with E-state index >= 15 is 0 Å². The summed E-state index contributed by atoms with van der Waals surface area (Å²) in [5.41, 5.74) is -0.536. The fraction of sp³-hybridized carbons (Fsp3) is 0.500. The molecule has 2 atom stereocenters. The van der Waals surface area contributed by atoms with Crippen LogP contribution >= 0.6 is 11.6 Å². The monoisotopic (exact) mass is 326 g/mol. The maximum Gasteiger partial charge on any atom is 0.348 e. The minimum absolute atomic E-state index is 0.235. The van der Waals surface area contributed by atoms with Crippen molar-refractivity contribution in [3.63, 3.8) is 0 Å². The minimum Gasteiger partial charge on any atom is -0.479 e. The molecule has 1 aliphatic heterocycles. The molecule has 1 aromatic carbocycles. The number of carbonyl (C=O) groups is 2. The largest absolute Gasteiger partial charge is 0.479 e. The maximum absolute atomic E-state index is 12.3. The second-order valence-corrected chi connectivity index (χ2v) is 6.32. The highest BCUT2D eigenvalue weighted by molar-refractivity contribution is 6.30. The predicted molar refractivity (Wildman–Crippen MR) is 80.8 cm³/mol. The Morgan fingerprint density at radius 2 is 2.05 bits per heavy atom. The van der Waals surface area contributed by atoms with E-state index in [2.05, 4.69) is 0 Å². The Morgan fingerprint density at radius 1 is 1.41 bits per heavy atom. The number of hydrogen-bond donors (Lipinski definition) is 0. The third-order valence-electron chi connectivity index (χ3n) is 3.47. The topological polar surface area (TPSA) is 61.8 Å². The lowest BCUT2D eigenvalue weighted by Gasteiger charge is -2.24. The summed E-state index contributed by atoms with van der Waals surface area (Å²) in [6.07, 6.45) is -1.27. The van der Waals surface area contributed by atoms with E-state index in [1.807, 2.05) is 13.8 Å². The summed E-state index contributed by atoms with van der Waals surface area (Å²) < 4.78 is 15.9. The Morgan fingerprint density at radius 3 is 2.55 bits per heavy atom. The van der Waals surface area contributed by atoms with Crippen molar-refractivity contribution in [2.45, 2.75) is 39.4 Å². The molecule has 2 rings (SSSR count). The van der Waals surface area contributed by atoms with E-state index in [0.717, 1.165) is 0 Å². The first-order valence-electron chi connectivity index (χ1n) is 7.13. The van der Waals surface area contributed by atoms with Gasteiger partial charge in [-0.3, -0.25) is 0 Å². The number of esters is 2. The summed E-state index contributed by atoms with van der Waals surface area (Å²) in [5, 5.41) is 0.582. The van der Waals surface area contributed by atoms with Crippen LogP contribution in [-0.2, 0) is 19.1 Å². The molecule has 0 amide bonds. The zero-order chi connectivity index (χ0) is 16.3. The highest BCUT2D eigenvalue weighted by Crippen LogP contribution is 2.31. The fourth-order valence-electron chi connectivity index (χ4n) is 2.10. The minimum atomic E-state index is -0.900. The van der Waals surface area contributed by atoms with Crippen molar-refractivity contribution in [2.24, 2.45) is 5.41 Å². The average Bonchev–Trinajstić information content (AvgIpc) is 2.73. The number of ether oxygens (including phenoxy) is 3. The van der Waals surface area contributed by atoms with Gasteiger partial charge in [-0.2, -0.15) is 0 Å². The first-order chi connectivity index (χ1) is 10.3. The molecule has 0 bridgehead atoms. The standard InChI is InChI=1S/C16H19ClO5/c1-4-12(21-11-7-5-10(17)6-8-11)14(18)22-13-15(19)20-9-16(13,2)3/h5-8,12-13H,4,9H2,1-3H3/t12-,13+/m1/s1. The molecular formula is C16H19ClO5. The Hall–Kier alpha value is -1.75.